The van der Waals surface area contributed by atoms with Crippen molar-refractivity contribution in [1.29, 1.82) is 0 Å². The largest absolute Gasteiger partial charge is 0.369 e. The summed E-state index contributed by atoms with van der Waals surface area (Å²) in [6.07, 6.45) is 3.86. The first-order valence-corrected chi connectivity index (χ1v) is 6.49. The van der Waals surface area contributed by atoms with E-state index in [1.54, 1.807) is 0 Å². The number of nitrogens with one attached hydrogen (secondary N) is 1. The Morgan fingerprint density at radius 2 is 1.73 bits per heavy atom. The van der Waals surface area contributed by atoms with Crippen LogP contribution >= 0.6 is 0 Å². The van der Waals surface area contributed by atoms with Crippen LogP contribution in [0.3, 0.4) is 0 Å². The number of rotatable bonds is 4. The highest BCUT2D eigenvalue weighted by molar-refractivity contribution is 7.87. The first-order valence-electron chi connectivity index (χ1n) is 5.05. The van der Waals surface area contributed by atoms with Gasteiger partial charge in [0.25, 0.3) is 10.2 Å². The van der Waals surface area contributed by atoms with Crippen LogP contribution in [-0.4, -0.2) is 38.3 Å². The van der Waals surface area contributed by atoms with Crippen molar-refractivity contribution in [2.45, 2.75) is 25.7 Å². The fourth-order valence-corrected chi connectivity index (χ4v) is 2.78. The summed E-state index contributed by atoms with van der Waals surface area (Å²) in [5.41, 5.74) is 4.88. The Labute approximate surface area is 90.0 Å². The van der Waals surface area contributed by atoms with E-state index in [-0.39, 0.29) is 6.54 Å². The highest BCUT2D eigenvalue weighted by atomic mass is 32.2. The molecule has 0 aliphatic carbocycles. The normalized spacial score (nSPS) is 19.7. The van der Waals surface area contributed by atoms with Crippen molar-refractivity contribution >= 4 is 16.1 Å². The Bertz CT molecular complexity index is 307. The zero-order chi connectivity index (χ0) is 11.3. The van der Waals surface area contributed by atoms with Gasteiger partial charge in [-0.25, -0.2) is 0 Å². The van der Waals surface area contributed by atoms with Gasteiger partial charge in [-0.15, -0.1) is 0 Å². The van der Waals surface area contributed by atoms with Crippen molar-refractivity contribution in [1.82, 2.24) is 9.03 Å². The van der Waals surface area contributed by atoms with E-state index in [1.807, 2.05) is 0 Å². The predicted octanol–water partition coefficient (Wildman–Crippen LogP) is -0.818. The smallest absolute Gasteiger partial charge is 0.279 e. The lowest BCUT2D eigenvalue weighted by molar-refractivity contribution is -0.116. The standard InChI is InChI=1S/C8H17N3O3S/c9-8(12)7-10-15(13,14)11-5-3-1-2-4-6-11/h10H,1-7H2,(H2,9,12). The van der Waals surface area contributed by atoms with Crippen molar-refractivity contribution in [2.24, 2.45) is 5.73 Å². The minimum Gasteiger partial charge on any atom is -0.369 e. The van der Waals surface area contributed by atoms with Crippen molar-refractivity contribution in [2.75, 3.05) is 19.6 Å². The average molecular weight is 235 g/mol. The van der Waals surface area contributed by atoms with E-state index in [1.165, 1.54) is 4.31 Å². The van der Waals surface area contributed by atoms with Gasteiger partial charge in [-0.05, 0) is 12.8 Å². The summed E-state index contributed by atoms with van der Waals surface area (Å²) in [7, 11) is -3.52. The minimum atomic E-state index is -3.52. The summed E-state index contributed by atoms with van der Waals surface area (Å²) in [5.74, 6) is -0.673. The lowest BCUT2D eigenvalue weighted by Gasteiger charge is -2.19. The van der Waals surface area contributed by atoms with Gasteiger partial charge in [-0.2, -0.15) is 17.4 Å². The molecule has 1 aliphatic rings. The molecule has 6 nitrogen and oxygen atoms in total. The second-order valence-electron chi connectivity index (χ2n) is 3.61. The second-order valence-corrected chi connectivity index (χ2v) is 5.36. The van der Waals surface area contributed by atoms with Crippen molar-refractivity contribution in [3.8, 4) is 0 Å². The molecule has 1 aliphatic heterocycles. The van der Waals surface area contributed by atoms with Crippen LogP contribution in [-0.2, 0) is 15.0 Å². The lowest BCUT2D eigenvalue weighted by atomic mass is 10.2. The lowest BCUT2D eigenvalue weighted by Crippen LogP contribution is -2.44. The molecule has 0 atom stereocenters. The van der Waals surface area contributed by atoms with Crippen LogP contribution in [0.2, 0.25) is 0 Å². The number of nitrogens with zero attached hydrogens (tertiary/aromatic N) is 1. The third kappa shape index (κ3) is 4.15. The van der Waals surface area contributed by atoms with Gasteiger partial charge in [-0.1, -0.05) is 12.8 Å². The molecule has 1 heterocycles. The van der Waals surface area contributed by atoms with Crippen LogP contribution in [0.4, 0.5) is 0 Å². The van der Waals surface area contributed by atoms with Crippen molar-refractivity contribution < 1.29 is 13.2 Å². The molecule has 3 N–H and O–H groups in total. The summed E-state index contributed by atoms with van der Waals surface area (Å²) in [5, 5.41) is 0. The number of hydrogen-bond donors (Lipinski definition) is 2. The van der Waals surface area contributed by atoms with Gasteiger partial charge < -0.3 is 5.73 Å². The molecule has 0 aromatic carbocycles. The Balaban J connectivity index is 2.54. The maximum atomic E-state index is 11.6. The molecular formula is C8H17N3O3S. The molecule has 0 bridgehead atoms. The number of hydrogen-bond acceptors (Lipinski definition) is 3. The van der Waals surface area contributed by atoms with E-state index in [0.29, 0.717) is 13.1 Å². The van der Waals surface area contributed by atoms with Crippen LogP contribution in [0.1, 0.15) is 25.7 Å². The number of nitrogens with two attached hydrogens (primary N) is 1. The van der Waals surface area contributed by atoms with Crippen LogP contribution in [0.5, 0.6) is 0 Å². The summed E-state index contributed by atoms with van der Waals surface area (Å²) in [6, 6.07) is 0. The quantitative estimate of drug-likeness (QED) is 0.667. The molecule has 88 valence electrons. The number of primary amides is 1. The molecule has 0 aromatic rings. The Kier molecular flexibility index (Phi) is 4.49. The van der Waals surface area contributed by atoms with E-state index < -0.39 is 16.1 Å². The van der Waals surface area contributed by atoms with Crippen molar-refractivity contribution in [3.05, 3.63) is 0 Å². The monoisotopic (exact) mass is 235 g/mol. The molecule has 0 spiro atoms. The second kappa shape index (κ2) is 5.43. The highest BCUT2D eigenvalue weighted by Gasteiger charge is 2.22. The van der Waals surface area contributed by atoms with Crippen LogP contribution in [0, 0.1) is 0 Å². The zero-order valence-corrected chi connectivity index (χ0v) is 9.42. The SMILES string of the molecule is NC(=O)CNS(=O)(=O)N1CCCCCC1. The Hall–Kier alpha value is -0.660. The maximum absolute atomic E-state index is 11.6. The fourth-order valence-electron chi connectivity index (χ4n) is 1.54. The molecule has 15 heavy (non-hydrogen) atoms. The first-order chi connectivity index (χ1) is 7.02. The van der Waals surface area contributed by atoms with Gasteiger partial charge in [0, 0.05) is 13.1 Å². The Morgan fingerprint density at radius 1 is 1.20 bits per heavy atom. The van der Waals surface area contributed by atoms with E-state index in [0.717, 1.165) is 25.7 Å². The minimum absolute atomic E-state index is 0.334. The third-order valence-corrected chi connectivity index (χ3v) is 3.89. The van der Waals surface area contributed by atoms with Crippen LogP contribution < -0.4 is 10.5 Å². The molecule has 1 fully saturated rings. The first kappa shape index (κ1) is 12.4. The molecule has 1 amide bonds. The fraction of sp³-hybridized carbons (Fsp3) is 0.875. The van der Waals surface area contributed by atoms with E-state index in [4.69, 9.17) is 5.73 Å². The average Bonchev–Trinajstić information content (AvgIpc) is 2.43. The molecule has 1 rings (SSSR count). The van der Waals surface area contributed by atoms with Gasteiger partial charge >= 0.3 is 0 Å². The third-order valence-electron chi connectivity index (χ3n) is 2.33. The number of amides is 1. The van der Waals surface area contributed by atoms with E-state index in [9.17, 15) is 13.2 Å². The topological polar surface area (TPSA) is 92.5 Å². The van der Waals surface area contributed by atoms with Crippen LogP contribution in [0.25, 0.3) is 0 Å². The van der Waals surface area contributed by atoms with Gasteiger partial charge in [0.05, 0.1) is 6.54 Å². The maximum Gasteiger partial charge on any atom is 0.279 e. The van der Waals surface area contributed by atoms with Gasteiger partial charge in [-0.3, -0.25) is 4.79 Å². The summed E-state index contributed by atoms with van der Waals surface area (Å²) in [6.45, 7) is 0.709. The predicted molar refractivity (Wildman–Crippen MR) is 56.2 cm³/mol. The summed E-state index contributed by atoms with van der Waals surface area (Å²) < 4.78 is 26.9. The van der Waals surface area contributed by atoms with Gasteiger partial charge in [0.2, 0.25) is 5.91 Å². The van der Waals surface area contributed by atoms with Gasteiger partial charge in [0.1, 0.15) is 0 Å². The molecule has 0 radical (unpaired) electrons. The number of carbonyl (C=O) groups excluding carboxylic acids is 1. The Morgan fingerprint density at radius 3 is 2.20 bits per heavy atom. The molecule has 7 heteroatoms. The zero-order valence-electron chi connectivity index (χ0n) is 8.61. The van der Waals surface area contributed by atoms with E-state index in [2.05, 4.69) is 4.72 Å². The molecule has 0 saturated carbocycles. The van der Waals surface area contributed by atoms with Gasteiger partial charge in [0.15, 0.2) is 0 Å². The molecular weight excluding hydrogens is 218 g/mol. The summed E-state index contributed by atoms with van der Waals surface area (Å²) in [4.78, 5) is 10.5. The molecule has 1 saturated heterocycles. The highest BCUT2D eigenvalue weighted by Crippen LogP contribution is 2.11. The van der Waals surface area contributed by atoms with Crippen molar-refractivity contribution in [3.63, 3.8) is 0 Å². The molecule has 0 unspecified atom stereocenters. The van der Waals surface area contributed by atoms with Crippen LogP contribution in [0.15, 0.2) is 0 Å². The van der Waals surface area contributed by atoms with E-state index >= 15 is 0 Å². The molecule has 0 aromatic heterocycles. The number of carbonyl (C=O) groups is 1. The summed E-state index contributed by atoms with van der Waals surface area (Å²) >= 11 is 0.